The van der Waals surface area contributed by atoms with Crippen molar-refractivity contribution in [2.75, 3.05) is 14.1 Å². The van der Waals surface area contributed by atoms with Gasteiger partial charge >= 0.3 is 0 Å². The zero-order valence-corrected chi connectivity index (χ0v) is 9.80. The Morgan fingerprint density at radius 1 is 1.20 bits per heavy atom. The highest BCUT2D eigenvalue weighted by atomic mass is 14.7. The molecule has 1 aromatic heterocycles. The topological polar surface area (TPSA) is 27.8 Å². The van der Waals surface area contributed by atoms with Gasteiger partial charge in [0, 0.05) is 11.7 Å². The van der Waals surface area contributed by atoms with E-state index in [1.54, 1.807) is 0 Å². The van der Waals surface area contributed by atoms with Gasteiger partial charge in [0.05, 0.1) is 0 Å². The van der Waals surface area contributed by atoms with Crippen molar-refractivity contribution < 1.29 is 0 Å². The van der Waals surface area contributed by atoms with Gasteiger partial charge in [0.2, 0.25) is 0 Å². The molecule has 2 heteroatoms. The predicted octanol–water partition coefficient (Wildman–Crippen LogP) is 2.96. The maximum atomic E-state index is 3.22. The molecule has 15 heavy (non-hydrogen) atoms. The molecule has 1 heterocycles. The van der Waals surface area contributed by atoms with Gasteiger partial charge in [-0.2, -0.15) is 0 Å². The molecule has 0 amide bonds. The quantitative estimate of drug-likeness (QED) is 0.773. The molecular weight excluding hydrogens is 184 g/mol. The van der Waals surface area contributed by atoms with Crippen molar-refractivity contribution in [2.45, 2.75) is 19.8 Å². The minimum Gasteiger partial charge on any atom is -0.361 e. The van der Waals surface area contributed by atoms with Crippen LogP contribution >= 0.6 is 0 Å². The molecule has 82 valence electrons. The van der Waals surface area contributed by atoms with Gasteiger partial charge in [-0.15, -0.1) is 0 Å². The number of aromatic nitrogens is 1. The number of aryl methyl sites for hydroxylation is 1. The average Bonchev–Trinajstić information content (AvgIpc) is 2.66. The van der Waals surface area contributed by atoms with Crippen LogP contribution in [0.2, 0.25) is 0 Å². The Kier molecular flexibility index (Phi) is 4.91. The fourth-order valence-corrected chi connectivity index (χ4v) is 1.54. The molecule has 0 unspecified atom stereocenters. The van der Waals surface area contributed by atoms with Crippen LogP contribution in [0, 0.1) is 0 Å². The lowest BCUT2D eigenvalue weighted by molar-refractivity contribution is 0.923. The summed E-state index contributed by atoms with van der Waals surface area (Å²) < 4.78 is 0. The molecule has 2 rings (SSSR count). The Labute approximate surface area is 91.7 Å². The SMILES string of the molecule is CCCc1ccc2cc[nH]c2c1.CNC. The van der Waals surface area contributed by atoms with Gasteiger partial charge in [-0.1, -0.05) is 25.5 Å². The minimum absolute atomic E-state index is 1.18. The van der Waals surface area contributed by atoms with E-state index in [9.17, 15) is 0 Å². The second kappa shape index (κ2) is 6.25. The van der Waals surface area contributed by atoms with Crippen LogP contribution in [0.25, 0.3) is 10.9 Å². The van der Waals surface area contributed by atoms with E-state index in [0.717, 1.165) is 0 Å². The molecule has 0 spiro atoms. The molecule has 0 atom stereocenters. The Morgan fingerprint density at radius 3 is 2.60 bits per heavy atom. The summed E-state index contributed by atoms with van der Waals surface area (Å²) in [5, 5.41) is 4.05. The maximum Gasteiger partial charge on any atom is 0.0456 e. The van der Waals surface area contributed by atoms with Crippen molar-refractivity contribution in [3.63, 3.8) is 0 Å². The number of H-pyrrole nitrogens is 1. The lowest BCUT2D eigenvalue weighted by Crippen LogP contribution is -1.89. The fourth-order valence-electron chi connectivity index (χ4n) is 1.54. The van der Waals surface area contributed by atoms with Crippen molar-refractivity contribution in [2.24, 2.45) is 0 Å². The standard InChI is InChI=1S/C11H13N.C2H7N/c1-2-3-9-4-5-10-6-7-12-11(10)8-9;1-3-2/h4-8,12H,2-3H2,1H3;3H,1-2H3. The lowest BCUT2D eigenvalue weighted by Gasteiger charge is -1.97. The van der Waals surface area contributed by atoms with Gasteiger partial charge in [-0.3, -0.25) is 0 Å². The molecule has 0 aliphatic carbocycles. The largest absolute Gasteiger partial charge is 0.361 e. The monoisotopic (exact) mass is 204 g/mol. The molecular formula is C13H20N2. The molecule has 0 fully saturated rings. The van der Waals surface area contributed by atoms with Crippen molar-refractivity contribution in [3.05, 3.63) is 36.0 Å². The lowest BCUT2D eigenvalue weighted by atomic mass is 10.1. The number of hydrogen-bond donors (Lipinski definition) is 2. The normalized spacial score (nSPS) is 9.80. The summed E-state index contributed by atoms with van der Waals surface area (Å²) in [5.41, 5.74) is 2.67. The molecule has 0 saturated carbocycles. The van der Waals surface area contributed by atoms with Gasteiger partial charge < -0.3 is 10.3 Å². The predicted molar refractivity (Wildman–Crippen MR) is 67.3 cm³/mol. The van der Waals surface area contributed by atoms with Crippen LogP contribution in [0.15, 0.2) is 30.5 Å². The van der Waals surface area contributed by atoms with Gasteiger partial charge in [-0.25, -0.2) is 0 Å². The molecule has 0 aliphatic heterocycles. The fraction of sp³-hybridized carbons (Fsp3) is 0.385. The Hall–Kier alpha value is -1.28. The maximum absolute atomic E-state index is 3.22. The van der Waals surface area contributed by atoms with Crippen LogP contribution in [-0.4, -0.2) is 19.1 Å². The Morgan fingerprint density at radius 2 is 1.93 bits per heavy atom. The van der Waals surface area contributed by atoms with E-state index < -0.39 is 0 Å². The van der Waals surface area contributed by atoms with Crippen LogP contribution < -0.4 is 5.32 Å². The minimum atomic E-state index is 1.18. The molecule has 0 bridgehead atoms. The van der Waals surface area contributed by atoms with E-state index in [0.29, 0.717) is 0 Å². The van der Waals surface area contributed by atoms with E-state index in [-0.39, 0.29) is 0 Å². The average molecular weight is 204 g/mol. The van der Waals surface area contributed by atoms with Gasteiger partial charge in [0.25, 0.3) is 0 Å². The summed E-state index contributed by atoms with van der Waals surface area (Å²) in [7, 11) is 3.75. The number of hydrogen-bond acceptors (Lipinski definition) is 1. The first-order valence-corrected chi connectivity index (χ1v) is 5.46. The third-order valence-electron chi connectivity index (χ3n) is 2.16. The number of fused-ring (bicyclic) bond motifs is 1. The van der Waals surface area contributed by atoms with E-state index in [4.69, 9.17) is 0 Å². The first kappa shape index (κ1) is 11.8. The van der Waals surface area contributed by atoms with Crippen LogP contribution in [-0.2, 0) is 6.42 Å². The highest BCUT2D eigenvalue weighted by Crippen LogP contribution is 2.14. The van der Waals surface area contributed by atoms with Crippen molar-refractivity contribution in [3.8, 4) is 0 Å². The molecule has 0 radical (unpaired) electrons. The first-order valence-electron chi connectivity index (χ1n) is 5.46. The summed E-state index contributed by atoms with van der Waals surface area (Å²) in [6.07, 6.45) is 4.38. The Bertz CT molecular complexity index is 390. The summed E-state index contributed by atoms with van der Waals surface area (Å²) in [4.78, 5) is 3.22. The summed E-state index contributed by atoms with van der Waals surface area (Å²) >= 11 is 0. The summed E-state index contributed by atoms with van der Waals surface area (Å²) in [6, 6.07) is 8.72. The Balaban J connectivity index is 0.000000337. The van der Waals surface area contributed by atoms with E-state index in [1.807, 2.05) is 20.3 Å². The van der Waals surface area contributed by atoms with E-state index in [1.165, 1.54) is 29.3 Å². The molecule has 0 aliphatic rings. The van der Waals surface area contributed by atoms with Crippen LogP contribution in [0.1, 0.15) is 18.9 Å². The van der Waals surface area contributed by atoms with Gasteiger partial charge in [-0.05, 0) is 43.6 Å². The summed E-state index contributed by atoms with van der Waals surface area (Å²) in [6.45, 7) is 2.21. The van der Waals surface area contributed by atoms with Crippen molar-refractivity contribution >= 4 is 10.9 Å². The number of rotatable bonds is 2. The second-order valence-corrected chi connectivity index (χ2v) is 3.65. The van der Waals surface area contributed by atoms with Crippen LogP contribution in [0.4, 0.5) is 0 Å². The van der Waals surface area contributed by atoms with Crippen molar-refractivity contribution in [1.29, 1.82) is 0 Å². The zero-order valence-electron chi connectivity index (χ0n) is 9.80. The first-order chi connectivity index (χ1) is 7.31. The molecule has 0 saturated heterocycles. The number of aromatic amines is 1. The van der Waals surface area contributed by atoms with Gasteiger partial charge in [0.15, 0.2) is 0 Å². The van der Waals surface area contributed by atoms with Crippen LogP contribution in [0.3, 0.4) is 0 Å². The molecule has 2 N–H and O–H groups in total. The highest BCUT2D eigenvalue weighted by molar-refractivity contribution is 5.79. The summed E-state index contributed by atoms with van der Waals surface area (Å²) in [5.74, 6) is 0. The van der Waals surface area contributed by atoms with E-state index in [2.05, 4.69) is 41.5 Å². The van der Waals surface area contributed by atoms with E-state index >= 15 is 0 Å². The van der Waals surface area contributed by atoms with Crippen LogP contribution in [0.5, 0.6) is 0 Å². The highest BCUT2D eigenvalue weighted by Gasteiger charge is 1.95. The third-order valence-corrected chi connectivity index (χ3v) is 2.16. The third kappa shape index (κ3) is 3.40. The number of nitrogens with one attached hydrogen (secondary N) is 2. The van der Waals surface area contributed by atoms with Gasteiger partial charge in [0.1, 0.15) is 0 Å². The molecule has 2 aromatic rings. The zero-order chi connectivity index (χ0) is 11.1. The smallest absolute Gasteiger partial charge is 0.0456 e. The number of benzene rings is 1. The molecule has 1 aromatic carbocycles. The molecule has 2 nitrogen and oxygen atoms in total. The van der Waals surface area contributed by atoms with Crippen molar-refractivity contribution in [1.82, 2.24) is 10.3 Å². The second-order valence-electron chi connectivity index (χ2n) is 3.65.